The Morgan fingerprint density at radius 1 is 1.32 bits per heavy atom. The maximum atomic E-state index is 12.3. The van der Waals surface area contributed by atoms with Crippen molar-refractivity contribution in [2.24, 2.45) is 0 Å². The summed E-state index contributed by atoms with van der Waals surface area (Å²) in [6.45, 7) is 1.91. The van der Waals surface area contributed by atoms with Gasteiger partial charge in [-0.2, -0.15) is 0 Å². The summed E-state index contributed by atoms with van der Waals surface area (Å²) in [6.07, 6.45) is 1.55. The van der Waals surface area contributed by atoms with E-state index in [0.717, 1.165) is 34.4 Å². The van der Waals surface area contributed by atoms with Crippen LogP contribution in [0.25, 0.3) is 0 Å². The molecule has 0 fully saturated rings. The molecule has 1 N–H and O–H groups in total. The Balaban J connectivity index is 1.80. The minimum atomic E-state index is 0.197. The summed E-state index contributed by atoms with van der Waals surface area (Å²) in [5, 5.41) is 5.36. The fourth-order valence-electron chi connectivity index (χ4n) is 2.36. The Hall–Kier alpha value is -0.970. The molecule has 0 saturated heterocycles. The number of carbonyl (C=O) groups is 1. The molecule has 0 amide bonds. The van der Waals surface area contributed by atoms with Crippen LogP contribution in [-0.2, 0) is 19.4 Å². The molecule has 0 bridgehead atoms. The first-order valence-electron chi connectivity index (χ1n) is 6.31. The van der Waals surface area contributed by atoms with Crippen molar-refractivity contribution in [3.05, 3.63) is 55.7 Å². The molecular weight excluding hydrogens is 322 g/mol. The molecule has 1 aromatic heterocycles. The molecule has 1 aromatic carbocycles. The zero-order valence-corrected chi connectivity index (χ0v) is 12.8. The molecular formula is C15H14BrNOS. The van der Waals surface area contributed by atoms with Crippen LogP contribution in [0.2, 0.25) is 0 Å². The molecule has 0 radical (unpaired) electrons. The summed E-state index contributed by atoms with van der Waals surface area (Å²) >= 11 is 5.04. The average Bonchev–Trinajstić information content (AvgIpc) is 2.83. The lowest BCUT2D eigenvalue weighted by Gasteiger charge is -2.17. The van der Waals surface area contributed by atoms with Crippen molar-refractivity contribution in [2.45, 2.75) is 19.4 Å². The number of carbonyl (C=O) groups excluding carboxylic acids is 1. The number of Topliss-reactive ketones (excluding diaryl/α,β-unsaturated/α-hetero) is 1. The summed E-state index contributed by atoms with van der Waals surface area (Å²) in [4.78, 5) is 13.4. The molecule has 0 atom stereocenters. The monoisotopic (exact) mass is 335 g/mol. The molecule has 3 rings (SSSR count). The number of halogens is 1. The highest BCUT2D eigenvalue weighted by Gasteiger charge is 2.13. The number of nitrogens with one attached hydrogen (secondary N) is 1. The smallest absolute Gasteiger partial charge is 0.168 e. The molecule has 1 aliphatic rings. The van der Waals surface area contributed by atoms with E-state index in [1.165, 1.54) is 11.1 Å². The van der Waals surface area contributed by atoms with E-state index in [1.807, 2.05) is 23.6 Å². The van der Waals surface area contributed by atoms with Gasteiger partial charge in [0.05, 0.1) is 0 Å². The highest BCUT2D eigenvalue weighted by molar-refractivity contribution is 9.10. The fourth-order valence-corrected chi connectivity index (χ4v) is 3.81. The molecule has 2 aromatic rings. The molecule has 0 aliphatic carbocycles. The van der Waals surface area contributed by atoms with Crippen LogP contribution in [0, 0.1) is 0 Å². The Bertz CT molecular complexity index is 620. The van der Waals surface area contributed by atoms with Crippen molar-refractivity contribution in [3.8, 4) is 0 Å². The van der Waals surface area contributed by atoms with Crippen molar-refractivity contribution in [2.75, 3.05) is 6.54 Å². The molecule has 98 valence electrons. The molecule has 4 heteroatoms. The number of thiophene rings is 1. The van der Waals surface area contributed by atoms with Crippen molar-refractivity contribution in [1.82, 2.24) is 5.32 Å². The lowest BCUT2D eigenvalue weighted by molar-refractivity contribution is 0.0993. The molecule has 0 spiro atoms. The minimum absolute atomic E-state index is 0.197. The van der Waals surface area contributed by atoms with Gasteiger partial charge in [0.25, 0.3) is 0 Å². The zero-order chi connectivity index (χ0) is 13.2. The first kappa shape index (κ1) is 13.0. The van der Waals surface area contributed by atoms with Crippen molar-refractivity contribution in [3.63, 3.8) is 0 Å². The third-order valence-electron chi connectivity index (χ3n) is 3.37. The van der Waals surface area contributed by atoms with Gasteiger partial charge in [-0.1, -0.05) is 12.1 Å². The average molecular weight is 336 g/mol. The number of hydrogen-bond donors (Lipinski definition) is 1. The largest absolute Gasteiger partial charge is 0.312 e. The van der Waals surface area contributed by atoms with Gasteiger partial charge in [-0.15, -0.1) is 11.3 Å². The van der Waals surface area contributed by atoms with E-state index in [1.54, 1.807) is 11.3 Å². The van der Waals surface area contributed by atoms with Crippen molar-refractivity contribution >= 4 is 33.0 Å². The van der Waals surface area contributed by atoms with Gasteiger partial charge in [-0.05, 0) is 52.2 Å². The van der Waals surface area contributed by atoms with Crippen molar-refractivity contribution < 1.29 is 4.79 Å². The Morgan fingerprint density at radius 2 is 2.21 bits per heavy atom. The highest BCUT2D eigenvalue weighted by atomic mass is 79.9. The first-order chi connectivity index (χ1) is 9.22. The second-order valence-electron chi connectivity index (χ2n) is 4.74. The van der Waals surface area contributed by atoms with Crippen molar-refractivity contribution in [1.29, 1.82) is 0 Å². The van der Waals surface area contributed by atoms with E-state index in [-0.39, 0.29) is 5.78 Å². The summed E-state index contributed by atoms with van der Waals surface area (Å²) in [7, 11) is 0. The van der Waals surface area contributed by atoms with E-state index in [4.69, 9.17) is 0 Å². The van der Waals surface area contributed by atoms with Crippen LogP contribution in [0.5, 0.6) is 0 Å². The molecule has 19 heavy (non-hydrogen) atoms. The maximum Gasteiger partial charge on any atom is 0.168 e. The second kappa shape index (κ2) is 5.57. The third-order valence-corrected chi connectivity index (χ3v) is 5.07. The lowest BCUT2D eigenvalue weighted by Crippen LogP contribution is -2.23. The Labute approximate surface area is 125 Å². The van der Waals surface area contributed by atoms with E-state index >= 15 is 0 Å². The fraction of sp³-hybridized carbons (Fsp3) is 0.267. The van der Waals surface area contributed by atoms with Gasteiger partial charge < -0.3 is 5.32 Å². The maximum absolute atomic E-state index is 12.3. The molecule has 2 heterocycles. The summed E-state index contributed by atoms with van der Waals surface area (Å²) in [5.41, 5.74) is 3.46. The number of fused-ring (bicyclic) bond motifs is 1. The van der Waals surface area contributed by atoms with E-state index in [9.17, 15) is 4.79 Å². The van der Waals surface area contributed by atoms with E-state index < -0.39 is 0 Å². The van der Waals surface area contributed by atoms with Gasteiger partial charge >= 0.3 is 0 Å². The topological polar surface area (TPSA) is 29.1 Å². The molecule has 2 nitrogen and oxygen atoms in total. The Kier molecular flexibility index (Phi) is 3.82. The number of hydrogen-bond acceptors (Lipinski definition) is 3. The van der Waals surface area contributed by atoms with Gasteiger partial charge in [-0.25, -0.2) is 0 Å². The normalized spacial score (nSPS) is 14.2. The van der Waals surface area contributed by atoms with Gasteiger partial charge in [-0.3, -0.25) is 4.79 Å². The Morgan fingerprint density at radius 3 is 3.00 bits per heavy atom. The lowest BCUT2D eigenvalue weighted by atomic mass is 9.96. The van der Waals surface area contributed by atoms with Gasteiger partial charge in [0.1, 0.15) is 0 Å². The van der Waals surface area contributed by atoms with Gasteiger partial charge in [0.15, 0.2) is 5.78 Å². The third kappa shape index (κ3) is 2.96. The standard InChI is InChI=1S/C15H14BrNOS/c16-13-6-14(19-9-13)7-15(18)11-2-1-10-3-4-17-8-12(10)5-11/h1-2,5-6,9,17H,3-4,7-8H2. The summed E-state index contributed by atoms with van der Waals surface area (Å²) in [6, 6.07) is 8.14. The predicted molar refractivity (Wildman–Crippen MR) is 81.9 cm³/mol. The van der Waals surface area contributed by atoms with Crippen LogP contribution < -0.4 is 5.32 Å². The van der Waals surface area contributed by atoms with Crippen LogP contribution in [0.1, 0.15) is 26.4 Å². The van der Waals surface area contributed by atoms with Crippen LogP contribution in [0.15, 0.2) is 34.1 Å². The van der Waals surface area contributed by atoms with E-state index in [2.05, 4.69) is 27.3 Å². The van der Waals surface area contributed by atoms with E-state index in [0.29, 0.717) is 6.42 Å². The number of benzene rings is 1. The van der Waals surface area contributed by atoms with Crippen LogP contribution in [-0.4, -0.2) is 12.3 Å². The van der Waals surface area contributed by atoms with Crippen LogP contribution >= 0.6 is 27.3 Å². The highest BCUT2D eigenvalue weighted by Crippen LogP contribution is 2.22. The predicted octanol–water partition coefficient (Wildman–Crippen LogP) is 3.58. The SMILES string of the molecule is O=C(Cc1cc(Br)cs1)c1ccc2c(c1)CNCC2. The molecule has 1 aliphatic heterocycles. The zero-order valence-electron chi connectivity index (χ0n) is 10.4. The summed E-state index contributed by atoms with van der Waals surface area (Å²) < 4.78 is 1.05. The van der Waals surface area contributed by atoms with Crippen LogP contribution in [0.3, 0.4) is 0 Å². The van der Waals surface area contributed by atoms with Gasteiger partial charge in [0.2, 0.25) is 0 Å². The molecule has 0 unspecified atom stereocenters. The quantitative estimate of drug-likeness (QED) is 0.868. The second-order valence-corrected chi connectivity index (χ2v) is 6.65. The van der Waals surface area contributed by atoms with Gasteiger partial charge in [0, 0.05) is 33.3 Å². The first-order valence-corrected chi connectivity index (χ1v) is 7.98. The number of ketones is 1. The number of rotatable bonds is 3. The van der Waals surface area contributed by atoms with Crippen LogP contribution in [0.4, 0.5) is 0 Å². The minimum Gasteiger partial charge on any atom is -0.312 e. The molecule has 0 saturated carbocycles. The summed E-state index contributed by atoms with van der Waals surface area (Å²) in [5.74, 6) is 0.197.